The van der Waals surface area contributed by atoms with Crippen molar-refractivity contribution in [2.24, 2.45) is 0 Å². The molecule has 0 bridgehead atoms. The van der Waals surface area contributed by atoms with Crippen LogP contribution in [-0.2, 0) is 0 Å². The number of nitrogens with zero attached hydrogens (tertiary/aromatic N) is 2. The van der Waals surface area contributed by atoms with E-state index >= 15 is 0 Å². The van der Waals surface area contributed by atoms with Gasteiger partial charge in [0.25, 0.3) is 11.8 Å². The van der Waals surface area contributed by atoms with Crippen LogP contribution < -0.4 is 0 Å². The summed E-state index contributed by atoms with van der Waals surface area (Å²) in [5.74, 6) is -0.686. The van der Waals surface area contributed by atoms with E-state index in [1.807, 2.05) is 12.1 Å². The van der Waals surface area contributed by atoms with E-state index in [0.717, 1.165) is 5.01 Å². The van der Waals surface area contributed by atoms with Crippen molar-refractivity contribution in [3.8, 4) is 0 Å². The number of rotatable bonds is 3. The van der Waals surface area contributed by atoms with E-state index in [4.69, 9.17) is 0 Å². The minimum absolute atomic E-state index is 0.343. The van der Waals surface area contributed by atoms with Gasteiger partial charge in [0.15, 0.2) is 0 Å². The molecule has 0 aliphatic rings. The normalized spacial score (nSPS) is 10.3. The molecule has 20 heavy (non-hydrogen) atoms. The summed E-state index contributed by atoms with van der Waals surface area (Å²) < 4.78 is 0. The van der Waals surface area contributed by atoms with Crippen molar-refractivity contribution in [2.75, 3.05) is 14.1 Å². The van der Waals surface area contributed by atoms with E-state index in [9.17, 15) is 9.59 Å². The van der Waals surface area contributed by atoms with E-state index < -0.39 is 0 Å². The Labute approximate surface area is 118 Å². The molecule has 102 valence electrons. The molecular formula is C16H16N2O2. The number of carbonyl (C=O) groups is 2. The molecule has 0 unspecified atom stereocenters. The van der Waals surface area contributed by atoms with Crippen molar-refractivity contribution in [1.82, 2.24) is 10.0 Å². The summed E-state index contributed by atoms with van der Waals surface area (Å²) >= 11 is 0. The fourth-order valence-electron chi connectivity index (χ4n) is 1.86. The first-order valence-corrected chi connectivity index (χ1v) is 6.27. The molecule has 2 rings (SSSR count). The highest BCUT2D eigenvalue weighted by atomic mass is 16.2. The monoisotopic (exact) mass is 268 g/mol. The Balaban J connectivity index is 2.33. The quantitative estimate of drug-likeness (QED) is 0.634. The standard InChI is InChI=1S/C16H16N2O2/c1-17(2)18(15(19)13-9-5-3-6-10-13)16(20)14-11-7-4-8-12-14/h3-12H,1-2H3. The number of imide groups is 1. The Bertz CT molecular complexity index is 543. The molecular weight excluding hydrogens is 252 g/mol. The summed E-state index contributed by atoms with van der Waals surface area (Å²) in [5, 5.41) is 2.62. The molecule has 2 aromatic rings. The highest BCUT2D eigenvalue weighted by molar-refractivity contribution is 6.09. The maximum atomic E-state index is 12.5. The van der Waals surface area contributed by atoms with Crippen LogP contribution in [0.4, 0.5) is 0 Å². The van der Waals surface area contributed by atoms with Crippen LogP contribution in [0, 0.1) is 0 Å². The molecule has 4 nitrogen and oxygen atoms in total. The maximum Gasteiger partial charge on any atom is 0.275 e. The molecule has 0 fully saturated rings. The van der Waals surface area contributed by atoms with Crippen molar-refractivity contribution in [3.63, 3.8) is 0 Å². The molecule has 4 heteroatoms. The SMILES string of the molecule is CN(C)N(C(=O)c1ccccc1)C(=O)c1ccccc1. The van der Waals surface area contributed by atoms with Gasteiger partial charge >= 0.3 is 0 Å². The third-order valence-electron chi connectivity index (χ3n) is 2.83. The summed E-state index contributed by atoms with van der Waals surface area (Å²) in [6.45, 7) is 0. The average molecular weight is 268 g/mol. The van der Waals surface area contributed by atoms with Crippen LogP contribution in [0.1, 0.15) is 20.7 Å². The predicted molar refractivity (Wildman–Crippen MR) is 77.1 cm³/mol. The summed E-state index contributed by atoms with van der Waals surface area (Å²) in [6, 6.07) is 17.5. The third-order valence-corrected chi connectivity index (χ3v) is 2.83. The number of hydrogen-bond acceptors (Lipinski definition) is 3. The van der Waals surface area contributed by atoms with E-state index in [1.165, 1.54) is 5.01 Å². The van der Waals surface area contributed by atoms with Crippen molar-refractivity contribution in [2.45, 2.75) is 0 Å². The van der Waals surface area contributed by atoms with Crippen LogP contribution in [0.25, 0.3) is 0 Å². The van der Waals surface area contributed by atoms with Gasteiger partial charge in [0.05, 0.1) is 0 Å². The minimum Gasteiger partial charge on any atom is -0.267 e. The van der Waals surface area contributed by atoms with Gasteiger partial charge in [-0.25, -0.2) is 10.0 Å². The lowest BCUT2D eigenvalue weighted by molar-refractivity contribution is 0.0189. The number of carbonyl (C=O) groups excluding carboxylic acids is 2. The van der Waals surface area contributed by atoms with Gasteiger partial charge in [0.1, 0.15) is 0 Å². The van der Waals surface area contributed by atoms with Gasteiger partial charge in [-0.2, -0.15) is 0 Å². The van der Waals surface area contributed by atoms with E-state index in [1.54, 1.807) is 62.6 Å². The van der Waals surface area contributed by atoms with Crippen LogP contribution in [0.2, 0.25) is 0 Å². The van der Waals surface area contributed by atoms with Gasteiger partial charge in [0, 0.05) is 25.2 Å². The van der Waals surface area contributed by atoms with Crippen LogP contribution in [0.15, 0.2) is 60.7 Å². The fraction of sp³-hybridized carbons (Fsp3) is 0.125. The Kier molecular flexibility index (Phi) is 4.27. The lowest BCUT2D eigenvalue weighted by atomic mass is 10.1. The van der Waals surface area contributed by atoms with Crippen LogP contribution in [0.3, 0.4) is 0 Å². The van der Waals surface area contributed by atoms with E-state index in [0.29, 0.717) is 11.1 Å². The van der Waals surface area contributed by atoms with Crippen LogP contribution >= 0.6 is 0 Å². The van der Waals surface area contributed by atoms with Gasteiger partial charge in [0.2, 0.25) is 0 Å². The minimum atomic E-state index is -0.343. The summed E-state index contributed by atoms with van der Waals surface area (Å²) in [4.78, 5) is 24.9. The molecule has 0 atom stereocenters. The molecule has 0 aromatic heterocycles. The van der Waals surface area contributed by atoms with Crippen LogP contribution in [0.5, 0.6) is 0 Å². The molecule has 0 heterocycles. The lowest BCUT2D eigenvalue weighted by Crippen LogP contribution is -2.46. The Morgan fingerprint density at radius 1 is 0.700 bits per heavy atom. The van der Waals surface area contributed by atoms with Gasteiger partial charge in [-0.15, -0.1) is 0 Å². The fourth-order valence-corrected chi connectivity index (χ4v) is 1.86. The molecule has 0 saturated carbocycles. The number of benzene rings is 2. The zero-order valence-electron chi connectivity index (χ0n) is 11.5. The second kappa shape index (κ2) is 6.12. The Morgan fingerprint density at radius 2 is 1.05 bits per heavy atom. The molecule has 0 spiro atoms. The Hall–Kier alpha value is -2.46. The highest BCUT2D eigenvalue weighted by Gasteiger charge is 2.25. The zero-order valence-corrected chi connectivity index (χ0v) is 11.5. The van der Waals surface area contributed by atoms with Crippen molar-refractivity contribution >= 4 is 11.8 Å². The lowest BCUT2D eigenvalue weighted by Gasteiger charge is -2.27. The second-order valence-electron chi connectivity index (χ2n) is 4.50. The van der Waals surface area contributed by atoms with Crippen molar-refractivity contribution < 1.29 is 9.59 Å². The number of amides is 2. The van der Waals surface area contributed by atoms with Gasteiger partial charge in [-0.3, -0.25) is 9.59 Å². The van der Waals surface area contributed by atoms with E-state index in [-0.39, 0.29) is 11.8 Å². The first-order chi connectivity index (χ1) is 9.61. The van der Waals surface area contributed by atoms with E-state index in [2.05, 4.69) is 0 Å². The molecule has 2 amide bonds. The number of hydrazine groups is 1. The largest absolute Gasteiger partial charge is 0.275 e. The molecule has 0 radical (unpaired) electrons. The van der Waals surface area contributed by atoms with Gasteiger partial charge in [-0.05, 0) is 24.3 Å². The molecule has 0 N–H and O–H groups in total. The Morgan fingerprint density at radius 3 is 1.35 bits per heavy atom. The molecule has 0 saturated heterocycles. The molecule has 0 aliphatic heterocycles. The summed E-state index contributed by atoms with van der Waals surface area (Å²) in [6.07, 6.45) is 0. The number of hydrogen-bond donors (Lipinski definition) is 0. The van der Waals surface area contributed by atoms with Crippen LogP contribution in [-0.4, -0.2) is 35.9 Å². The van der Waals surface area contributed by atoms with Gasteiger partial charge < -0.3 is 0 Å². The highest BCUT2D eigenvalue weighted by Crippen LogP contribution is 2.11. The summed E-state index contributed by atoms with van der Waals surface area (Å²) in [7, 11) is 3.34. The summed E-state index contributed by atoms with van der Waals surface area (Å²) in [5.41, 5.74) is 0.955. The van der Waals surface area contributed by atoms with Gasteiger partial charge in [-0.1, -0.05) is 36.4 Å². The maximum absolute atomic E-state index is 12.5. The topological polar surface area (TPSA) is 40.6 Å². The average Bonchev–Trinajstić information content (AvgIpc) is 2.48. The predicted octanol–water partition coefficient (Wildman–Crippen LogP) is 2.45. The zero-order chi connectivity index (χ0) is 14.5. The van der Waals surface area contributed by atoms with Crippen molar-refractivity contribution in [3.05, 3.63) is 71.8 Å². The first-order valence-electron chi connectivity index (χ1n) is 6.27. The van der Waals surface area contributed by atoms with Crippen molar-refractivity contribution in [1.29, 1.82) is 0 Å². The second-order valence-corrected chi connectivity index (χ2v) is 4.50. The third kappa shape index (κ3) is 2.92. The first kappa shape index (κ1) is 14.0. The molecule has 2 aromatic carbocycles. The smallest absolute Gasteiger partial charge is 0.267 e. The molecule has 0 aliphatic carbocycles.